The molecule has 0 spiro atoms. The minimum Gasteiger partial charge on any atom is -0.448 e. The van der Waals surface area contributed by atoms with Crippen LogP contribution in [0.2, 0.25) is 0 Å². The number of carbonyl (C=O) groups is 2. The van der Waals surface area contributed by atoms with Gasteiger partial charge in [-0.25, -0.2) is 9.78 Å². The monoisotopic (exact) mass is 336 g/mol. The number of ether oxygens (including phenoxy) is 1. The number of aromatic nitrogens is 3. The molecule has 2 aromatic rings. The fourth-order valence-corrected chi connectivity index (χ4v) is 2.97. The number of thiazole rings is 1. The Hall–Kier alpha value is -2.22. The molecule has 0 bridgehead atoms. The minimum absolute atomic E-state index is 0.392. The lowest BCUT2D eigenvalue weighted by molar-refractivity contribution is -0.123. The van der Waals surface area contributed by atoms with E-state index in [9.17, 15) is 9.59 Å². The van der Waals surface area contributed by atoms with Crippen LogP contribution < -0.4 is 5.32 Å². The summed E-state index contributed by atoms with van der Waals surface area (Å²) in [6.07, 6.45) is -0.914. The highest BCUT2D eigenvalue weighted by Gasteiger charge is 2.23. The molecule has 0 aliphatic rings. The van der Waals surface area contributed by atoms with E-state index in [1.807, 2.05) is 20.8 Å². The molecule has 0 aliphatic heterocycles. The number of nitrogens with zero attached hydrogens (tertiary/aromatic N) is 3. The van der Waals surface area contributed by atoms with Crippen LogP contribution in [0.15, 0.2) is 0 Å². The van der Waals surface area contributed by atoms with Crippen molar-refractivity contribution in [2.75, 3.05) is 5.32 Å². The third-order valence-corrected chi connectivity index (χ3v) is 4.55. The summed E-state index contributed by atoms with van der Waals surface area (Å²) in [7, 11) is 1.80. The zero-order valence-corrected chi connectivity index (χ0v) is 14.9. The van der Waals surface area contributed by atoms with Crippen molar-refractivity contribution >= 4 is 28.9 Å². The molecule has 2 heterocycles. The molecule has 1 amide bonds. The number of hydrogen-bond donors (Lipinski definition) is 1. The van der Waals surface area contributed by atoms with E-state index in [2.05, 4.69) is 15.4 Å². The largest absolute Gasteiger partial charge is 0.448 e. The molecule has 0 aliphatic carbocycles. The number of anilines is 1. The molecule has 124 valence electrons. The molecule has 1 atom stereocenters. The van der Waals surface area contributed by atoms with Crippen molar-refractivity contribution in [1.29, 1.82) is 0 Å². The lowest BCUT2D eigenvalue weighted by Crippen LogP contribution is -2.30. The highest BCUT2D eigenvalue weighted by Crippen LogP contribution is 2.21. The number of aryl methyl sites for hydroxylation is 4. The molecular weight excluding hydrogens is 316 g/mol. The second kappa shape index (κ2) is 6.49. The van der Waals surface area contributed by atoms with Crippen LogP contribution in [0.25, 0.3) is 0 Å². The lowest BCUT2D eigenvalue weighted by atomic mass is 10.3. The maximum Gasteiger partial charge on any atom is 0.351 e. The van der Waals surface area contributed by atoms with Gasteiger partial charge in [0, 0.05) is 7.05 Å². The highest BCUT2D eigenvalue weighted by molar-refractivity contribution is 7.13. The third-order valence-electron chi connectivity index (χ3n) is 3.50. The topological polar surface area (TPSA) is 86.1 Å². The van der Waals surface area contributed by atoms with Gasteiger partial charge in [-0.15, -0.1) is 11.3 Å². The first kappa shape index (κ1) is 17.1. The number of nitrogens with one attached hydrogen (secondary N) is 1. The van der Waals surface area contributed by atoms with E-state index in [4.69, 9.17) is 4.74 Å². The van der Waals surface area contributed by atoms with Gasteiger partial charge in [0.2, 0.25) is 0 Å². The average molecular weight is 336 g/mol. The summed E-state index contributed by atoms with van der Waals surface area (Å²) in [6.45, 7) is 8.77. The number of carbonyl (C=O) groups excluding carboxylic acids is 2. The number of amides is 1. The van der Waals surface area contributed by atoms with Crippen LogP contribution in [-0.2, 0) is 16.6 Å². The quantitative estimate of drug-likeness (QED) is 0.866. The number of esters is 1. The van der Waals surface area contributed by atoms with Crippen molar-refractivity contribution in [2.45, 2.75) is 40.7 Å². The highest BCUT2D eigenvalue weighted by atomic mass is 32.1. The summed E-state index contributed by atoms with van der Waals surface area (Å²) in [5, 5.41) is 7.78. The summed E-state index contributed by atoms with van der Waals surface area (Å²) in [6, 6.07) is 0. The van der Waals surface area contributed by atoms with Gasteiger partial charge in [0.25, 0.3) is 5.91 Å². The Balaban J connectivity index is 2.05. The van der Waals surface area contributed by atoms with E-state index >= 15 is 0 Å². The van der Waals surface area contributed by atoms with Gasteiger partial charge in [-0.05, 0) is 34.6 Å². The zero-order chi connectivity index (χ0) is 17.3. The SMILES string of the molecule is Cc1nc(C)c(C(=O)O[C@H](C)C(=O)Nc2c(C)nn(C)c2C)s1. The van der Waals surface area contributed by atoms with E-state index in [-0.39, 0.29) is 0 Å². The van der Waals surface area contributed by atoms with E-state index in [1.165, 1.54) is 18.3 Å². The van der Waals surface area contributed by atoms with E-state index in [1.54, 1.807) is 18.7 Å². The molecular formula is C15H20N4O3S. The van der Waals surface area contributed by atoms with Crippen LogP contribution in [0.4, 0.5) is 5.69 Å². The summed E-state index contributed by atoms with van der Waals surface area (Å²) >= 11 is 1.26. The third kappa shape index (κ3) is 3.58. The lowest BCUT2D eigenvalue weighted by Gasteiger charge is -2.13. The summed E-state index contributed by atoms with van der Waals surface area (Å²) in [4.78, 5) is 29.0. The normalized spacial score (nSPS) is 12.1. The van der Waals surface area contributed by atoms with Crippen molar-refractivity contribution < 1.29 is 14.3 Å². The smallest absolute Gasteiger partial charge is 0.351 e. The Labute approximate surface area is 138 Å². The van der Waals surface area contributed by atoms with Gasteiger partial charge in [0.05, 0.1) is 27.8 Å². The Morgan fingerprint density at radius 2 is 1.87 bits per heavy atom. The molecule has 2 rings (SSSR count). The standard InChI is InChI=1S/C15H20N4O3S/c1-7-12(9(3)19(6)18-7)17-14(20)10(4)22-15(21)13-8(2)16-11(5)23-13/h10H,1-6H3,(H,17,20)/t10-/m1/s1. The molecule has 23 heavy (non-hydrogen) atoms. The van der Waals surface area contributed by atoms with E-state index in [0.717, 1.165) is 10.7 Å². The van der Waals surface area contributed by atoms with E-state index < -0.39 is 18.0 Å². The predicted octanol–water partition coefficient (Wildman–Crippen LogP) is 2.29. The van der Waals surface area contributed by atoms with Gasteiger partial charge in [-0.2, -0.15) is 5.10 Å². The molecule has 0 saturated carbocycles. The minimum atomic E-state index is -0.914. The van der Waals surface area contributed by atoms with Crippen molar-refractivity contribution in [1.82, 2.24) is 14.8 Å². The average Bonchev–Trinajstić information content (AvgIpc) is 2.92. The molecule has 8 heteroatoms. The summed E-state index contributed by atoms with van der Waals surface area (Å²) in [5.41, 5.74) is 2.81. The van der Waals surface area contributed by atoms with Crippen LogP contribution in [-0.4, -0.2) is 32.7 Å². The van der Waals surface area contributed by atoms with Gasteiger partial charge in [0.1, 0.15) is 4.88 Å². The fourth-order valence-electron chi connectivity index (χ4n) is 2.17. The maximum absolute atomic E-state index is 12.2. The van der Waals surface area contributed by atoms with Gasteiger partial charge < -0.3 is 10.1 Å². The summed E-state index contributed by atoms with van der Waals surface area (Å²) in [5.74, 6) is -0.924. The van der Waals surface area contributed by atoms with Crippen molar-refractivity contribution in [3.05, 3.63) is 27.0 Å². The van der Waals surface area contributed by atoms with Crippen LogP contribution >= 0.6 is 11.3 Å². The molecule has 7 nitrogen and oxygen atoms in total. The van der Waals surface area contributed by atoms with Crippen molar-refractivity contribution in [3.63, 3.8) is 0 Å². The van der Waals surface area contributed by atoms with Gasteiger partial charge in [-0.1, -0.05) is 0 Å². The van der Waals surface area contributed by atoms with Gasteiger partial charge >= 0.3 is 5.97 Å². The van der Waals surface area contributed by atoms with Crippen LogP contribution in [0.1, 0.15) is 38.7 Å². The Bertz CT molecular complexity index is 763. The molecule has 0 radical (unpaired) electrons. The molecule has 0 fully saturated rings. The first-order chi connectivity index (χ1) is 10.7. The molecule has 0 saturated heterocycles. The van der Waals surface area contributed by atoms with Crippen LogP contribution in [0, 0.1) is 27.7 Å². The van der Waals surface area contributed by atoms with Gasteiger partial charge in [0.15, 0.2) is 6.10 Å². The second-order valence-corrected chi connectivity index (χ2v) is 6.56. The van der Waals surface area contributed by atoms with Crippen molar-refractivity contribution in [2.24, 2.45) is 7.05 Å². The first-order valence-corrected chi connectivity index (χ1v) is 7.98. The second-order valence-electron chi connectivity index (χ2n) is 5.35. The Morgan fingerprint density at radius 1 is 1.22 bits per heavy atom. The predicted molar refractivity (Wildman–Crippen MR) is 87.8 cm³/mol. The first-order valence-electron chi connectivity index (χ1n) is 7.16. The number of rotatable bonds is 4. The van der Waals surface area contributed by atoms with Crippen molar-refractivity contribution in [3.8, 4) is 0 Å². The molecule has 0 unspecified atom stereocenters. The van der Waals surface area contributed by atoms with E-state index in [0.29, 0.717) is 22.0 Å². The van der Waals surface area contributed by atoms with Crippen LogP contribution in [0.3, 0.4) is 0 Å². The maximum atomic E-state index is 12.2. The zero-order valence-electron chi connectivity index (χ0n) is 14.1. The molecule has 1 N–H and O–H groups in total. The fraction of sp³-hybridized carbons (Fsp3) is 0.467. The molecule has 2 aromatic heterocycles. The Morgan fingerprint density at radius 3 is 2.35 bits per heavy atom. The number of hydrogen-bond acceptors (Lipinski definition) is 6. The Kier molecular flexibility index (Phi) is 4.84. The van der Waals surface area contributed by atoms with Gasteiger partial charge in [-0.3, -0.25) is 9.48 Å². The molecule has 0 aromatic carbocycles. The summed E-state index contributed by atoms with van der Waals surface area (Å²) < 4.78 is 6.93. The van der Waals surface area contributed by atoms with Crippen LogP contribution in [0.5, 0.6) is 0 Å².